The predicted molar refractivity (Wildman–Crippen MR) is 64.2 cm³/mol. The molecule has 0 saturated carbocycles. The van der Waals surface area contributed by atoms with Crippen molar-refractivity contribution < 1.29 is 9.90 Å². The van der Waals surface area contributed by atoms with Gasteiger partial charge < -0.3 is 10.0 Å². The largest absolute Gasteiger partial charge is 0.478 e. The van der Waals surface area contributed by atoms with Crippen molar-refractivity contribution in [2.24, 2.45) is 5.41 Å². The first-order chi connectivity index (χ1) is 7.98. The van der Waals surface area contributed by atoms with Crippen LogP contribution in [0.2, 0.25) is 0 Å². The van der Waals surface area contributed by atoms with Gasteiger partial charge in [0.25, 0.3) is 0 Å². The Morgan fingerprint density at radius 1 is 1.41 bits per heavy atom. The topological polar surface area (TPSA) is 66.3 Å². The van der Waals surface area contributed by atoms with E-state index in [0.29, 0.717) is 5.95 Å². The maximum absolute atomic E-state index is 10.7. The molecule has 17 heavy (non-hydrogen) atoms. The Labute approximate surface area is 100 Å². The van der Waals surface area contributed by atoms with Crippen molar-refractivity contribution in [1.29, 1.82) is 0 Å². The van der Waals surface area contributed by atoms with Crippen LogP contribution in [0.15, 0.2) is 12.4 Å². The van der Waals surface area contributed by atoms with E-state index in [1.165, 1.54) is 18.8 Å². The molecule has 0 atom stereocenters. The lowest BCUT2D eigenvalue weighted by Gasteiger charge is -2.37. The van der Waals surface area contributed by atoms with Gasteiger partial charge in [-0.25, -0.2) is 14.8 Å². The summed E-state index contributed by atoms with van der Waals surface area (Å²) < 4.78 is 0. The van der Waals surface area contributed by atoms with E-state index in [-0.39, 0.29) is 11.0 Å². The minimum Gasteiger partial charge on any atom is -0.478 e. The summed E-state index contributed by atoms with van der Waals surface area (Å²) in [5.74, 6) is -0.363. The fraction of sp³-hybridized carbons (Fsp3) is 0.583. The second-order valence-corrected chi connectivity index (χ2v) is 5.27. The standard InChI is InChI=1S/C12H17N3O2/c1-12(2)4-3-5-15(8-12)11-13-6-9(7-14-11)10(16)17/h6-7H,3-5,8H2,1-2H3,(H,16,17). The molecule has 0 radical (unpaired) electrons. The smallest absolute Gasteiger partial charge is 0.338 e. The molecule has 1 aliphatic rings. The van der Waals surface area contributed by atoms with Crippen LogP contribution in [0.3, 0.4) is 0 Å². The van der Waals surface area contributed by atoms with Crippen molar-refractivity contribution in [1.82, 2.24) is 9.97 Å². The van der Waals surface area contributed by atoms with Gasteiger partial charge in [-0.15, -0.1) is 0 Å². The molecule has 1 N–H and O–H groups in total. The van der Waals surface area contributed by atoms with Crippen LogP contribution >= 0.6 is 0 Å². The van der Waals surface area contributed by atoms with Crippen molar-refractivity contribution in [3.05, 3.63) is 18.0 Å². The number of carboxylic acid groups (broad SMARTS) is 1. The second kappa shape index (κ2) is 4.31. The number of aromatic carboxylic acids is 1. The molecule has 0 aliphatic carbocycles. The highest BCUT2D eigenvalue weighted by Crippen LogP contribution is 2.29. The molecule has 1 saturated heterocycles. The van der Waals surface area contributed by atoms with E-state index >= 15 is 0 Å². The molecule has 5 nitrogen and oxygen atoms in total. The fourth-order valence-electron chi connectivity index (χ4n) is 2.19. The number of aromatic nitrogens is 2. The molecular formula is C12H17N3O2. The van der Waals surface area contributed by atoms with Gasteiger partial charge in [-0.1, -0.05) is 13.8 Å². The minimum atomic E-state index is -0.990. The van der Waals surface area contributed by atoms with Gasteiger partial charge in [0.1, 0.15) is 0 Å². The van der Waals surface area contributed by atoms with Crippen LogP contribution in [0.1, 0.15) is 37.0 Å². The number of hydrogen-bond donors (Lipinski definition) is 1. The molecule has 1 aromatic heterocycles. The molecule has 1 aromatic rings. The van der Waals surface area contributed by atoms with Gasteiger partial charge in [0, 0.05) is 25.5 Å². The zero-order chi connectivity index (χ0) is 12.5. The molecule has 0 amide bonds. The third-order valence-electron chi connectivity index (χ3n) is 3.07. The molecule has 2 heterocycles. The maximum atomic E-state index is 10.7. The normalized spacial score (nSPS) is 19.1. The number of carboxylic acids is 1. The summed E-state index contributed by atoms with van der Waals surface area (Å²) in [6.07, 6.45) is 5.06. The van der Waals surface area contributed by atoms with Crippen molar-refractivity contribution in [3.8, 4) is 0 Å². The summed E-state index contributed by atoms with van der Waals surface area (Å²) in [7, 11) is 0. The number of nitrogens with zero attached hydrogens (tertiary/aromatic N) is 3. The van der Waals surface area contributed by atoms with Gasteiger partial charge in [0.2, 0.25) is 5.95 Å². The van der Waals surface area contributed by atoms with Gasteiger partial charge in [0.15, 0.2) is 0 Å². The zero-order valence-electron chi connectivity index (χ0n) is 10.2. The lowest BCUT2D eigenvalue weighted by atomic mass is 9.84. The molecule has 0 spiro atoms. The van der Waals surface area contributed by atoms with E-state index in [9.17, 15) is 4.79 Å². The molecule has 2 rings (SSSR count). The van der Waals surface area contributed by atoms with Gasteiger partial charge in [-0.2, -0.15) is 0 Å². The highest BCUT2D eigenvalue weighted by Gasteiger charge is 2.27. The highest BCUT2D eigenvalue weighted by molar-refractivity contribution is 5.86. The molecule has 0 unspecified atom stereocenters. The SMILES string of the molecule is CC1(C)CCCN(c2ncc(C(=O)O)cn2)C1. The Balaban J connectivity index is 2.14. The van der Waals surface area contributed by atoms with Crippen molar-refractivity contribution in [2.45, 2.75) is 26.7 Å². The van der Waals surface area contributed by atoms with Gasteiger partial charge in [-0.05, 0) is 18.3 Å². The van der Waals surface area contributed by atoms with Crippen LogP contribution < -0.4 is 4.90 Å². The van der Waals surface area contributed by atoms with Crippen molar-refractivity contribution >= 4 is 11.9 Å². The van der Waals surface area contributed by atoms with Gasteiger partial charge >= 0.3 is 5.97 Å². The fourth-order valence-corrected chi connectivity index (χ4v) is 2.19. The first kappa shape index (κ1) is 11.8. The van der Waals surface area contributed by atoms with E-state index < -0.39 is 5.97 Å². The summed E-state index contributed by atoms with van der Waals surface area (Å²) in [5.41, 5.74) is 0.401. The lowest BCUT2D eigenvalue weighted by Crippen LogP contribution is -2.41. The Morgan fingerprint density at radius 2 is 2.06 bits per heavy atom. The van der Waals surface area contributed by atoms with Crippen LogP contribution in [-0.2, 0) is 0 Å². The monoisotopic (exact) mass is 235 g/mol. The van der Waals surface area contributed by atoms with Crippen molar-refractivity contribution in [2.75, 3.05) is 18.0 Å². The number of hydrogen-bond acceptors (Lipinski definition) is 4. The third kappa shape index (κ3) is 2.72. The first-order valence-electron chi connectivity index (χ1n) is 5.78. The molecule has 1 aliphatic heterocycles. The third-order valence-corrected chi connectivity index (χ3v) is 3.07. The molecule has 1 fully saturated rings. The molecular weight excluding hydrogens is 218 g/mol. The summed E-state index contributed by atoms with van der Waals surface area (Å²) in [4.78, 5) is 21.1. The molecule has 92 valence electrons. The van der Waals surface area contributed by atoms with Crippen LogP contribution in [0.4, 0.5) is 5.95 Å². The summed E-state index contributed by atoms with van der Waals surface area (Å²) in [6, 6.07) is 0. The highest BCUT2D eigenvalue weighted by atomic mass is 16.4. The van der Waals surface area contributed by atoms with Gasteiger partial charge in [-0.3, -0.25) is 0 Å². The van der Waals surface area contributed by atoms with Crippen LogP contribution in [0, 0.1) is 5.41 Å². The summed E-state index contributed by atoms with van der Waals surface area (Å²) in [5, 5.41) is 8.78. The number of carbonyl (C=O) groups is 1. The lowest BCUT2D eigenvalue weighted by molar-refractivity contribution is 0.0696. The van der Waals surface area contributed by atoms with Crippen LogP contribution in [-0.4, -0.2) is 34.1 Å². The predicted octanol–water partition coefficient (Wildman–Crippen LogP) is 1.80. The van der Waals surface area contributed by atoms with Gasteiger partial charge in [0.05, 0.1) is 5.56 Å². The average Bonchev–Trinajstić information content (AvgIpc) is 2.28. The van der Waals surface area contributed by atoms with E-state index in [0.717, 1.165) is 19.5 Å². The first-order valence-corrected chi connectivity index (χ1v) is 5.78. The second-order valence-electron chi connectivity index (χ2n) is 5.27. The molecule has 0 aromatic carbocycles. The van der Waals surface area contributed by atoms with Crippen molar-refractivity contribution in [3.63, 3.8) is 0 Å². The number of piperidine rings is 1. The zero-order valence-corrected chi connectivity index (χ0v) is 10.2. The maximum Gasteiger partial charge on any atom is 0.338 e. The van der Waals surface area contributed by atoms with E-state index in [1.54, 1.807) is 0 Å². The summed E-state index contributed by atoms with van der Waals surface area (Å²) in [6.45, 7) is 6.31. The van der Waals surface area contributed by atoms with Crippen LogP contribution in [0.5, 0.6) is 0 Å². The summed E-state index contributed by atoms with van der Waals surface area (Å²) >= 11 is 0. The Morgan fingerprint density at radius 3 is 2.59 bits per heavy atom. The average molecular weight is 235 g/mol. The van der Waals surface area contributed by atoms with E-state index in [2.05, 4.69) is 28.7 Å². The minimum absolute atomic E-state index is 0.130. The Kier molecular flexibility index (Phi) is 3.00. The number of rotatable bonds is 2. The van der Waals surface area contributed by atoms with E-state index in [4.69, 9.17) is 5.11 Å². The quantitative estimate of drug-likeness (QED) is 0.846. The Bertz CT molecular complexity index is 414. The Hall–Kier alpha value is -1.65. The molecule has 5 heteroatoms. The molecule has 0 bridgehead atoms. The van der Waals surface area contributed by atoms with Crippen LogP contribution in [0.25, 0.3) is 0 Å². The van der Waals surface area contributed by atoms with E-state index in [1.807, 2.05) is 0 Å². The number of anilines is 1.